The molecule has 0 aliphatic heterocycles. The fourth-order valence-corrected chi connectivity index (χ4v) is 5.16. The van der Waals surface area contributed by atoms with E-state index in [2.05, 4.69) is 46.2 Å². The normalized spacial score (nSPS) is 10.9. The fraction of sp³-hybridized carbons (Fsp3) is 0.467. The van der Waals surface area contributed by atoms with Gasteiger partial charge in [0, 0.05) is 0 Å². The van der Waals surface area contributed by atoms with Crippen LogP contribution in [0.15, 0.2) is 30.3 Å². The topological polar surface area (TPSA) is 39.9 Å². The molecule has 0 saturated carbocycles. The van der Waals surface area contributed by atoms with Crippen molar-refractivity contribution < 1.29 is 4.74 Å². The molecule has 1 heterocycles. The third-order valence-electron chi connectivity index (χ3n) is 2.95. The summed E-state index contributed by atoms with van der Waals surface area (Å²) in [7, 11) is 1.71. The minimum atomic E-state index is -0.231. The summed E-state index contributed by atoms with van der Waals surface area (Å²) in [4.78, 5) is 0. The van der Waals surface area contributed by atoms with Gasteiger partial charge in [-0.15, -0.1) is 0 Å². The number of ether oxygens (including phenoxy) is 1. The van der Waals surface area contributed by atoms with Gasteiger partial charge in [0.25, 0.3) is 0 Å². The summed E-state index contributed by atoms with van der Waals surface area (Å²) in [6.07, 6.45) is 2.55. The Bertz CT molecular complexity index is 513. The number of unbranched alkanes of at least 4 members (excludes halogenated alkanes) is 1. The van der Waals surface area contributed by atoms with Gasteiger partial charge in [-0.1, -0.05) is 0 Å². The van der Waals surface area contributed by atoms with Gasteiger partial charge in [0.1, 0.15) is 0 Å². The van der Waals surface area contributed by atoms with E-state index >= 15 is 0 Å². The van der Waals surface area contributed by atoms with Crippen molar-refractivity contribution in [3.8, 4) is 0 Å². The number of benzene rings is 1. The molecule has 2 rings (SSSR count). The molecule has 0 aliphatic rings. The zero-order chi connectivity index (χ0) is 14.2. The second-order valence-electron chi connectivity index (χ2n) is 4.62. The molecule has 20 heavy (non-hydrogen) atoms. The van der Waals surface area contributed by atoms with Crippen LogP contribution in [0.3, 0.4) is 0 Å². The zero-order valence-corrected chi connectivity index (χ0v) is 14.4. The Morgan fingerprint density at radius 3 is 2.75 bits per heavy atom. The summed E-state index contributed by atoms with van der Waals surface area (Å²) in [6.45, 7) is 3.62. The molecule has 0 atom stereocenters. The molecule has 0 fully saturated rings. The average Bonchev–Trinajstić information content (AvgIpc) is 2.83. The van der Waals surface area contributed by atoms with Gasteiger partial charge >= 0.3 is 130 Å². The molecule has 0 spiro atoms. The second kappa shape index (κ2) is 8.41. The van der Waals surface area contributed by atoms with Crippen LogP contribution in [0.2, 0.25) is 4.47 Å². The van der Waals surface area contributed by atoms with Crippen LogP contribution in [-0.2, 0) is 17.9 Å². The van der Waals surface area contributed by atoms with E-state index in [9.17, 15) is 0 Å². The fourth-order valence-electron chi connectivity index (χ4n) is 1.90. The molecule has 108 valence electrons. The second-order valence-corrected chi connectivity index (χ2v) is 7.71. The molecule has 0 aliphatic carbocycles. The van der Waals surface area contributed by atoms with Gasteiger partial charge < -0.3 is 0 Å². The molecule has 0 amide bonds. The van der Waals surface area contributed by atoms with Gasteiger partial charge in [0.05, 0.1) is 0 Å². The maximum atomic E-state index is 5.24. The molecule has 2 aromatic rings. The van der Waals surface area contributed by atoms with Crippen LogP contribution in [0, 0.1) is 0 Å². The Morgan fingerprint density at radius 1 is 1.25 bits per heavy atom. The predicted octanol–water partition coefficient (Wildman–Crippen LogP) is 2.02. The molecule has 0 unspecified atom stereocenters. The SMILES string of the molecule is CCCC[Te]c1c(COC)nnn1Cc1ccccc1. The van der Waals surface area contributed by atoms with E-state index < -0.39 is 0 Å². The first-order chi connectivity index (χ1) is 9.85. The molecule has 1 aromatic carbocycles. The summed E-state index contributed by atoms with van der Waals surface area (Å²) in [6, 6.07) is 10.4. The van der Waals surface area contributed by atoms with E-state index in [1.165, 1.54) is 26.6 Å². The van der Waals surface area contributed by atoms with E-state index in [-0.39, 0.29) is 20.9 Å². The Hall–Kier alpha value is -0.890. The molecule has 0 saturated heterocycles. The number of hydrogen-bond donors (Lipinski definition) is 0. The molecule has 0 N–H and O–H groups in total. The Labute approximate surface area is 130 Å². The van der Waals surface area contributed by atoms with Crippen LogP contribution in [0.5, 0.6) is 0 Å². The van der Waals surface area contributed by atoms with Crippen LogP contribution in [0.4, 0.5) is 0 Å². The van der Waals surface area contributed by atoms with Gasteiger partial charge in [0.2, 0.25) is 0 Å². The van der Waals surface area contributed by atoms with Crippen LogP contribution in [0.1, 0.15) is 31.0 Å². The van der Waals surface area contributed by atoms with E-state index in [4.69, 9.17) is 4.74 Å². The summed E-state index contributed by atoms with van der Waals surface area (Å²) in [5, 5.41) is 8.63. The summed E-state index contributed by atoms with van der Waals surface area (Å²) in [5.41, 5.74) is 2.30. The van der Waals surface area contributed by atoms with Crippen molar-refractivity contribution in [3.63, 3.8) is 0 Å². The van der Waals surface area contributed by atoms with Crippen LogP contribution < -0.4 is 3.74 Å². The molecule has 0 bridgehead atoms. The van der Waals surface area contributed by atoms with Gasteiger partial charge in [-0.25, -0.2) is 0 Å². The van der Waals surface area contributed by atoms with Gasteiger partial charge in [-0.3, -0.25) is 0 Å². The molecule has 1 aromatic heterocycles. The van der Waals surface area contributed by atoms with Gasteiger partial charge in [-0.05, 0) is 0 Å². The van der Waals surface area contributed by atoms with E-state index in [0.717, 1.165) is 12.2 Å². The Balaban J connectivity index is 2.14. The van der Waals surface area contributed by atoms with Crippen molar-refractivity contribution in [3.05, 3.63) is 41.6 Å². The summed E-state index contributed by atoms with van der Waals surface area (Å²) < 4.78 is 9.96. The first-order valence-corrected chi connectivity index (χ1v) is 9.74. The molecule has 0 radical (unpaired) electrons. The van der Waals surface area contributed by atoms with Crippen LogP contribution >= 0.6 is 0 Å². The zero-order valence-electron chi connectivity index (χ0n) is 12.1. The summed E-state index contributed by atoms with van der Waals surface area (Å²) >= 11 is -0.231. The monoisotopic (exact) mass is 389 g/mol. The number of methoxy groups -OCH3 is 1. The van der Waals surface area contributed by atoms with Crippen molar-refractivity contribution in [1.82, 2.24) is 15.0 Å². The number of rotatable bonds is 8. The third kappa shape index (κ3) is 4.31. The van der Waals surface area contributed by atoms with Crippen molar-refractivity contribution in [2.45, 2.75) is 37.4 Å². The van der Waals surface area contributed by atoms with Crippen molar-refractivity contribution in [2.24, 2.45) is 0 Å². The average molecular weight is 387 g/mol. The Kier molecular flexibility index (Phi) is 6.52. The first kappa shape index (κ1) is 15.5. The standard InChI is InChI=1S/C15H21N3OTe/c1-3-4-10-20-15-14(12-19-2)16-17-18(15)11-13-8-6-5-7-9-13/h5-9H,3-4,10-12H2,1-2H3. The molecule has 4 nitrogen and oxygen atoms in total. The molecular weight excluding hydrogens is 366 g/mol. The maximum absolute atomic E-state index is 5.24. The van der Waals surface area contributed by atoms with Crippen LogP contribution in [0.25, 0.3) is 0 Å². The van der Waals surface area contributed by atoms with Crippen molar-refractivity contribution in [1.29, 1.82) is 0 Å². The van der Waals surface area contributed by atoms with Crippen molar-refractivity contribution in [2.75, 3.05) is 7.11 Å². The first-order valence-electron chi connectivity index (χ1n) is 6.93. The predicted molar refractivity (Wildman–Crippen MR) is 81.4 cm³/mol. The molecular formula is C15H21N3OTe. The quantitative estimate of drug-likeness (QED) is 0.514. The number of nitrogens with zero attached hydrogens (tertiary/aromatic N) is 3. The van der Waals surface area contributed by atoms with Crippen LogP contribution in [-0.4, -0.2) is 43.0 Å². The Morgan fingerprint density at radius 2 is 2.05 bits per heavy atom. The van der Waals surface area contributed by atoms with E-state index in [0.29, 0.717) is 6.61 Å². The van der Waals surface area contributed by atoms with E-state index in [1.807, 2.05) is 6.07 Å². The number of aromatic nitrogens is 3. The van der Waals surface area contributed by atoms with Gasteiger partial charge in [-0.2, -0.15) is 0 Å². The minimum absolute atomic E-state index is 0.231. The van der Waals surface area contributed by atoms with Gasteiger partial charge in [0.15, 0.2) is 0 Å². The summed E-state index contributed by atoms with van der Waals surface area (Å²) in [5.74, 6) is 0. The van der Waals surface area contributed by atoms with E-state index in [1.54, 1.807) is 7.11 Å². The van der Waals surface area contributed by atoms with Crippen molar-refractivity contribution >= 4 is 24.7 Å². The third-order valence-corrected chi connectivity index (χ3v) is 6.41. The number of hydrogen-bond acceptors (Lipinski definition) is 3. The molecule has 5 heteroatoms.